The molecular weight excluding hydrogens is 316 g/mol. The molecule has 2 amide bonds. The van der Waals surface area contributed by atoms with E-state index in [1.165, 1.54) is 5.56 Å². The van der Waals surface area contributed by atoms with Crippen molar-refractivity contribution in [3.05, 3.63) is 34.9 Å². The molecule has 2 aliphatic rings. The lowest BCUT2D eigenvalue weighted by Crippen LogP contribution is -2.56. The fraction of sp³-hybridized carbons (Fsp3) is 0.600. The average molecular weight is 344 g/mol. The Morgan fingerprint density at radius 1 is 1.28 bits per heavy atom. The number of benzene rings is 1. The van der Waals surface area contributed by atoms with Crippen molar-refractivity contribution >= 4 is 11.8 Å². The molecule has 1 heterocycles. The van der Waals surface area contributed by atoms with Gasteiger partial charge in [-0.05, 0) is 68.2 Å². The van der Waals surface area contributed by atoms with Gasteiger partial charge in [-0.15, -0.1) is 0 Å². The number of aryl methyl sites for hydroxylation is 2. The topological polar surface area (TPSA) is 67.4 Å². The summed E-state index contributed by atoms with van der Waals surface area (Å²) in [5.41, 5.74) is 3.01. The quantitative estimate of drug-likeness (QED) is 0.881. The summed E-state index contributed by atoms with van der Waals surface area (Å²) in [4.78, 5) is 24.5. The van der Waals surface area contributed by atoms with Gasteiger partial charge >= 0.3 is 0 Å². The summed E-state index contributed by atoms with van der Waals surface area (Å²) in [7, 11) is 1.69. The summed E-state index contributed by atoms with van der Waals surface area (Å²) in [5.74, 6) is 0.819. The summed E-state index contributed by atoms with van der Waals surface area (Å²) in [6.07, 6.45) is 3.31. The van der Waals surface area contributed by atoms with E-state index in [4.69, 9.17) is 4.74 Å². The molecule has 4 unspecified atom stereocenters. The molecule has 1 saturated carbocycles. The highest BCUT2D eigenvalue weighted by Gasteiger charge is 2.40. The zero-order chi connectivity index (χ0) is 18.0. The van der Waals surface area contributed by atoms with Gasteiger partial charge < -0.3 is 15.4 Å². The lowest BCUT2D eigenvalue weighted by atomic mass is 9.71. The second kappa shape index (κ2) is 7.56. The number of ether oxygens (including phenoxy) is 1. The predicted octanol–water partition coefficient (Wildman–Crippen LogP) is 2.35. The van der Waals surface area contributed by atoms with Crippen LogP contribution in [0, 0.1) is 25.7 Å². The summed E-state index contributed by atoms with van der Waals surface area (Å²) < 4.78 is 5.30. The first kappa shape index (κ1) is 17.9. The Morgan fingerprint density at radius 2 is 2.08 bits per heavy atom. The van der Waals surface area contributed by atoms with Crippen LogP contribution in [-0.4, -0.2) is 37.6 Å². The highest BCUT2D eigenvalue weighted by molar-refractivity contribution is 5.94. The van der Waals surface area contributed by atoms with Crippen LogP contribution in [0.5, 0.6) is 0 Å². The number of hydrogen-bond donors (Lipinski definition) is 2. The van der Waals surface area contributed by atoms with Gasteiger partial charge in [-0.1, -0.05) is 6.07 Å². The van der Waals surface area contributed by atoms with Crippen molar-refractivity contribution in [1.82, 2.24) is 10.6 Å². The minimum Gasteiger partial charge on any atom is -0.384 e. The number of nitrogens with one attached hydrogen (secondary N) is 2. The van der Waals surface area contributed by atoms with Crippen LogP contribution in [0.4, 0.5) is 0 Å². The molecule has 0 radical (unpaired) electrons. The number of hydrogen-bond acceptors (Lipinski definition) is 3. The molecule has 25 heavy (non-hydrogen) atoms. The van der Waals surface area contributed by atoms with Crippen molar-refractivity contribution in [3.63, 3.8) is 0 Å². The second-order valence-corrected chi connectivity index (χ2v) is 7.54. The molecular formula is C20H28N2O3. The SMILES string of the molecule is COCC1CC(=O)NC2CC(NC(=O)c3ccc(C)c(C)c3)CCC12. The molecule has 0 spiro atoms. The highest BCUT2D eigenvalue weighted by Crippen LogP contribution is 2.35. The van der Waals surface area contributed by atoms with Crippen molar-refractivity contribution in [1.29, 1.82) is 0 Å². The first-order valence-corrected chi connectivity index (χ1v) is 9.14. The Hall–Kier alpha value is -1.88. The lowest BCUT2D eigenvalue weighted by molar-refractivity contribution is -0.128. The zero-order valence-corrected chi connectivity index (χ0v) is 15.3. The first-order valence-electron chi connectivity index (χ1n) is 9.14. The van der Waals surface area contributed by atoms with Gasteiger partial charge in [0.05, 0.1) is 0 Å². The van der Waals surface area contributed by atoms with E-state index in [-0.39, 0.29) is 23.9 Å². The number of methoxy groups -OCH3 is 1. The van der Waals surface area contributed by atoms with Crippen molar-refractivity contribution in [3.8, 4) is 0 Å². The summed E-state index contributed by atoms with van der Waals surface area (Å²) in [6.45, 7) is 4.69. The zero-order valence-electron chi connectivity index (χ0n) is 15.3. The number of piperidine rings is 1. The van der Waals surface area contributed by atoms with Crippen LogP contribution in [0.1, 0.15) is 47.2 Å². The highest BCUT2D eigenvalue weighted by atomic mass is 16.5. The van der Waals surface area contributed by atoms with E-state index in [0.717, 1.165) is 24.8 Å². The van der Waals surface area contributed by atoms with Crippen LogP contribution < -0.4 is 10.6 Å². The third-order valence-electron chi connectivity index (χ3n) is 5.79. The largest absolute Gasteiger partial charge is 0.384 e. The monoisotopic (exact) mass is 344 g/mol. The third kappa shape index (κ3) is 4.03. The maximum Gasteiger partial charge on any atom is 0.251 e. The van der Waals surface area contributed by atoms with Gasteiger partial charge in [-0.2, -0.15) is 0 Å². The molecule has 5 heteroatoms. The van der Waals surface area contributed by atoms with Gasteiger partial charge in [-0.3, -0.25) is 9.59 Å². The van der Waals surface area contributed by atoms with E-state index in [0.29, 0.717) is 30.4 Å². The minimum atomic E-state index is -0.0258. The molecule has 1 aliphatic heterocycles. The molecule has 4 atom stereocenters. The van der Waals surface area contributed by atoms with Gasteiger partial charge in [0.1, 0.15) is 0 Å². The van der Waals surface area contributed by atoms with Crippen molar-refractivity contribution in [2.45, 2.75) is 51.6 Å². The number of amides is 2. The molecule has 136 valence electrons. The molecule has 0 bridgehead atoms. The Morgan fingerprint density at radius 3 is 2.80 bits per heavy atom. The van der Waals surface area contributed by atoms with E-state index >= 15 is 0 Å². The van der Waals surface area contributed by atoms with Gasteiger partial charge in [0.15, 0.2) is 0 Å². The van der Waals surface area contributed by atoms with Crippen LogP contribution in [-0.2, 0) is 9.53 Å². The molecule has 1 aromatic rings. The van der Waals surface area contributed by atoms with Crippen LogP contribution in [0.15, 0.2) is 18.2 Å². The Labute approximate surface area is 149 Å². The molecule has 0 aromatic heterocycles. The second-order valence-electron chi connectivity index (χ2n) is 7.54. The van der Waals surface area contributed by atoms with E-state index in [1.807, 2.05) is 32.0 Å². The van der Waals surface area contributed by atoms with Crippen molar-refractivity contribution in [2.24, 2.45) is 11.8 Å². The number of rotatable bonds is 4. The Balaban J connectivity index is 1.63. The molecule has 1 aliphatic carbocycles. The predicted molar refractivity (Wildman–Crippen MR) is 96.4 cm³/mol. The standard InChI is InChI=1S/C20H28N2O3/c1-12-4-5-14(8-13(12)2)20(24)21-16-6-7-17-15(11-25-3)9-19(23)22-18(17)10-16/h4-5,8,15-18H,6-7,9-11H2,1-3H3,(H,21,24)(H,22,23). The molecule has 2 N–H and O–H groups in total. The number of carbonyl (C=O) groups excluding carboxylic acids is 2. The lowest BCUT2D eigenvalue weighted by Gasteiger charge is -2.43. The van der Waals surface area contributed by atoms with Gasteiger partial charge in [0.2, 0.25) is 5.91 Å². The summed E-state index contributed by atoms with van der Waals surface area (Å²) in [6, 6.07) is 6.04. The molecule has 2 fully saturated rings. The number of carbonyl (C=O) groups is 2. The summed E-state index contributed by atoms with van der Waals surface area (Å²) >= 11 is 0. The Kier molecular flexibility index (Phi) is 5.42. The van der Waals surface area contributed by atoms with Crippen LogP contribution in [0.3, 0.4) is 0 Å². The molecule has 5 nitrogen and oxygen atoms in total. The third-order valence-corrected chi connectivity index (χ3v) is 5.79. The van der Waals surface area contributed by atoms with Crippen LogP contribution in [0.2, 0.25) is 0 Å². The fourth-order valence-electron chi connectivity index (χ4n) is 4.26. The van der Waals surface area contributed by atoms with E-state index in [2.05, 4.69) is 10.6 Å². The Bertz CT molecular complexity index is 658. The van der Waals surface area contributed by atoms with E-state index in [1.54, 1.807) is 7.11 Å². The van der Waals surface area contributed by atoms with Crippen LogP contribution in [0.25, 0.3) is 0 Å². The van der Waals surface area contributed by atoms with Gasteiger partial charge in [0, 0.05) is 37.8 Å². The molecule has 1 aromatic carbocycles. The first-order chi connectivity index (χ1) is 12.0. The molecule has 1 saturated heterocycles. The summed E-state index contributed by atoms with van der Waals surface area (Å²) in [5, 5.41) is 6.28. The number of fused-ring (bicyclic) bond motifs is 1. The maximum absolute atomic E-state index is 12.5. The van der Waals surface area contributed by atoms with Crippen molar-refractivity contribution in [2.75, 3.05) is 13.7 Å². The normalized spacial score (nSPS) is 28.8. The smallest absolute Gasteiger partial charge is 0.251 e. The van der Waals surface area contributed by atoms with Crippen molar-refractivity contribution < 1.29 is 14.3 Å². The van der Waals surface area contributed by atoms with E-state index in [9.17, 15) is 9.59 Å². The van der Waals surface area contributed by atoms with E-state index < -0.39 is 0 Å². The van der Waals surface area contributed by atoms with Crippen LogP contribution >= 0.6 is 0 Å². The fourth-order valence-corrected chi connectivity index (χ4v) is 4.26. The molecule has 3 rings (SSSR count). The van der Waals surface area contributed by atoms with Gasteiger partial charge in [0.25, 0.3) is 5.91 Å². The minimum absolute atomic E-state index is 0.0258. The van der Waals surface area contributed by atoms with Gasteiger partial charge in [-0.25, -0.2) is 0 Å². The average Bonchev–Trinajstić information content (AvgIpc) is 2.57. The maximum atomic E-state index is 12.5.